The molecule has 0 aromatic heterocycles. The molecule has 22 heavy (non-hydrogen) atoms. The van der Waals surface area contributed by atoms with Crippen molar-refractivity contribution in [3.05, 3.63) is 41.7 Å². The molecule has 1 amide bonds. The van der Waals surface area contributed by atoms with Crippen LogP contribution in [0.5, 0.6) is 0 Å². The highest BCUT2D eigenvalue weighted by atomic mass is 19.1. The highest BCUT2D eigenvalue weighted by Crippen LogP contribution is 2.18. The summed E-state index contributed by atoms with van der Waals surface area (Å²) in [4.78, 5) is 14.6. The molecule has 1 aromatic carbocycles. The smallest absolute Gasteiger partial charge is 0.247 e. The Morgan fingerprint density at radius 2 is 2.14 bits per heavy atom. The maximum absolute atomic E-state index is 13.3. The highest BCUT2D eigenvalue weighted by Gasteiger charge is 2.23. The summed E-state index contributed by atoms with van der Waals surface area (Å²) >= 11 is 0. The van der Waals surface area contributed by atoms with Gasteiger partial charge in [0.2, 0.25) is 5.91 Å². The molecule has 1 N–H and O–H groups in total. The molecule has 0 saturated carbocycles. The van der Waals surface area contributed by atoms with Crippen LogP contribution in [0.2, 0.25) is 0 Å². The zero-order valence-electron chi connectivity index (χ0n) is 13.4. The van der Waals surface area contributed by atoms with E-state index in [4.69, 9.17) is 0 Å². The number of nitrogens with zero attached hydrogens (tertiary/aromatic N) is 1. The zero-order valence-corrected chi connectivity index (χ0v) is 13.4. The van der Waals surface area contributed by atoms with Gasteiger partial charge in [0, 0.05) is 18.7 Å². The van der Waals surface area contributed by atoms with E-state index in [1.54, 1.807) is 12.1 Å². The SMILES string of the molecule is CCCN(C(=O)/C=C(/C)c1cccc(F)c1)C1CCNCC1. The normalized spacial score (nSPS) is 16.6. The molecule has 1 heterocycles. The molecular weight excluding hydrogens is 279 g/mol. The molecule has 1 aromatic rings. The fraction of sp³-hybridized carbons (Fsp3) is 0.500. The van der Waals surface area contributed by atoms with E-state index in [0.717, 1.165) is 50.0 Å². The average molecular weight is 304 g/mol. The summed E-state index contributed by atoms with van der Waals surface area (Å²) in [5, 5.41) is 3.33. The maximum Gasteiger partial charge on any atom is 0.247 e. The van der Waals surface area contributed by atoms with Crippen molar-refractivity contribution < 1.29 is 9.18 Å². The predicted octanol–water partition coefficient (Wildman–Crippen LogP) is 3.22. The van der Waals surface area contributed by atoms with Crippen molar-refractivity contribution in [3.8, 4) is 0 Å². The van der Waals surface area contributed by atoms with E-state index in [2.05, 4.69) is 12.2 Å². The molecule has 0 bridgehead atoms. The van der Waals surface area contributed by atoms with Crippen molar-refractivity contribution in [2.24, 2.45) is 0 Å². The van der Waals surface area contributed by atoms with E-state index in [0.29, 0.717) is 6.04 Å². The number of halogens is 1. The third-order valence-electron chi connectivity index (χ3n) is 4.12. The number of carbonyl (C=O) groups is 1. The molecule has 3 nitrogen and oxygen atoms in total. The largest absolute Gasteiger partial charge is 0.336 e. The van der Waals surface area contributed by atoms with Crippen LogP contribution < -0.4 is 5.32 Å². The molecule has 1 aliphatic rings. The fourth-order valence-electron chi connectivity index (χ4n) is 2.92. The minimum absolute atomic E-state index is 0.0375. The molecule has 0 atom stereocenters. The summed E-state index contributed by atoms with van der Waals surface area (Å²) in [5.41, 5.74) is 1.56. The Balaban J connectivity index is 2.13. The Kier molecular flexibility index (Phi) is 6.13. The number of carbonyl (C=O) groups excluding carboxylic acids is 1. The second-order valence-electron chi connectivity index (χ2n) is 5.85. The molecule has 0 aliphatic carbocycles. The van der Waals surface area contributed by atoms with Gasteiger partial charge in [0.1, 0.15) is 5.82 Å². The molecule has 0 radical (unpaired) electrons. The summed E-state index contributed by atoms with van der Waals surface area (Å²) < 4.78 is 13.3. The number of nitrogens with one attached hydrogen (secondary N) is 1. The summed E-state index contributed by atoms with van der Waals surface area (Å²) in [6.07, 6.45) is 4.59. The molecule has 1 fully saturated rings. The van der Waals surface area contributed by atoms with E-state index in [9.17, 15) is 9.18 Å². The lowest BCUT2D eigenvalue weighted by Crippen LogP contribution is -2.46. The topological polar surface area (TPSA) is 32.3 Å². The monoisotopic (exact) mass is 304 g/mol. The van der Waals surface area contributed by atoms with Gasteiger partial charge in [-0.05, 0) is 62.5 Å². The molecule has 1 aliphatic heterocycles. The predicted molar refractivity (Wildman–Crippen MR) is 87.9 cm³/mol. The van der Waals surface area contributed by atoms with Crippen LogP contribution in [0.3, 0.4) is 0 Å². The van der Waals surface area contributed by atoms with Crippen molar-refractivity contribution in [3.63, 3.8) is 0 Å². The van der Waals surface area contributed by atoms with Crippen LogP contribution in [0.4, 0.5) is 4.39 Å². The van der Waals surface area contributed by atoms with Crippen LogP contribution >= 0.6 is 0 Å². The summed E-state index contributed by atoms with van der Waals surface area (Å²) in [5.74, 6) is -0.239. The van der Waals surface area contributed by atoms with Crippen molar-refractivity contribution in [1.29, 1.82) is 0 Å². The number of benzene rings is 1. The highest BCUT2D eigenvalue weighted by molar-refractivity contribution is 5.95. The fourth-order valence-corrected chi connectivity index (χ4v) is 2.92. The van der Waals surface area contributed by atoms with Crippen molar-refractivity contribution >= 4 is 11.5 Å². The molecule has 2 rings (SSSR count). The van der Waals surface area contributed by atoms with Crippen molar-refractivity contribution in [2.75, 3.05) is 19.6 Å². The van der Waals surface area contributed by atoms with Gasteiger partial charge in [-0.1, -0.05) is 19.1 Å². The van der Waals surface area contributed by atoms with Crippen molar-refractivity contribution in [2.45, 2.75) is 39.2 Å². The van der Waals surface area contributed by atoms with Crippen LogP contribution in [0.25, 0.3) is 5.57 Å². The Morgan fingerprint density at radius 1 is 1.41 bits per heavy atom. The third kappa shape index (κ3) is 4.41. The number of rotatable bonds is 5. The first-order valence-corrected chi connectivity index (χ1v) is 8.07. The second kappa shape index (κ2) is 8.08. The number of hydrogen-bond donors (Lipinski definition) is 1. The van der Waals surface area contributed by atoms with E-state index < -0.39 is 0 Å². The lowest BCUT2D eigenvalue weighted by Gasteiger charge is -2.34. The first-order valence-electron chi connectivity index (χ1n) is 8.07. The molecular formula is C18H25FN2O. The standard InChI is InChI=1S/C18H25FN2O/c1-3-11-21(17-7-9-20-10-8-17)18(22)12-14(2)15-5-4-6-16(19)13-15/h4-6,12-13,17,20H,3,7-11H2,1-2H3/b14-12-. The van der Waals surface area contributed by atoms with Gasteiger partial charge in [-0.15, -0.1) is 0 Å². The Morgan fingerprint density at radius 3 is 2.77 bits per heavy atom. The lowest BCUT2D eigenvalue weighted by atomic mass is 10.0. The summed E-state index contributed by atoms with van der Waals surface area (Å²) in [6, 6.07) is 6.69. The molecule has 0 unspecified atom stereocenters. The van der Waals surface area contributed by atoms with Crippen LogP contribution in [-0.2, 0) is 4.79 Å². The van der Waals surface area contributed by atoms with Crippen LogP contribution in [-0.4, -0.2) is 36.5 Å². The molecule has 0 spiro atoms. The summed E-state index contributed by atoms with van der Waals surface area (Å²) in [6.45, 7) is 6.65. The Hall–Kier alpha value is -1.68. The van der Waals surface area contributed by atoms with Gasteiger partial charge in [0.15, 0.2) is 0 Å². The quantitative estimate of drug-likeness (QED) is 0.847. The van der Waals surface area contributed by atoms with Gasteiger partial charge in [-0.25, -0.2) is 4.39 Å². The van der Waals surface area contributed by atoms with Gasteiger partial charge in [0.25, 0.3) is 0 Å². The Bertz CT molecular complexity index is 536. The Labute approximate surface area is 132 Å². The van der Waals surface area contributed by atoms with Gasteiger partial charge in [-0.2, -0.15) is 0 Å². The van der Waals surface area contributed by atoms with E-state index in [1.165, 1.54) is 12.1 Å². The lowest BCUT2D eigenvalue weighted by molar-refractivity contribution is -0.128. The van der Waals surface area contributed by atoms with Crippen LogP contribution in [0, 0.1) is 5.82 Å². The zero-order chi connectivity index (χ0) is 15.9. The first-order chi connectivity index (χ1) is 10.6. The minimum atomic E-state index is -0.276. The second-order valence-corrected chi connectivity index (χ2v) is 5.85. The third-order valence-corrected chi connectivity index (χ3v) is 4.12. The summed E-state index contributed by atoms with van der Waals surface area (Å²) in [7, 11) is 0. The van der Waals surface area contributed by atoms with Gasteiger partial charge >= 0.3 is 0 Å². The van der Waals surface area contributed by atoms with E-state index in [1.807, 2.05) is 17.9 Å². The number of allylic oxidation sites excluding steroid dienone is 1. The van der Waals surface area contributed by atoms with Crippen LogP contribution in [0.1, 0.15) is 38.7 Å². The number of piperidine rings is 1. The van der Waals surface area contributed by atoms with Gasteiger partial charge in [0.05, 0.1) is 0 Å². The van der Waals surface area contributed by atoms with Gasteiger partial charge < -0.3 is 10.2 Å². The first kappa shape index (κ1) is 16.7. The van der Waals surface area contributed by atoms with E-state index >= 15 is 0 Å². The molecule has 4 heteroatoms. The van der Waals surface area contributed by atoms with E-state index in [-0.39, 0.29) is 11.7 Å². The number of amides is 1. The molecule has 120 valence electrons. The van der Waals surface area contributed by atoms with Crippen molar-refractivity contribution in [1.82, 2.24) is 10.2 Å². The maximum atomic E-state index is 13.3. The minimum Gasteiger partial charge on any atom is -0.336 e. The van der Waals surface area contributed by atoms with Gasteiger partial charge in [-0.3, -0.25) is 4.79 Å². The van der Waals surface area contributed by atoms with Crippen LogP contribution in [0.15, 0.2) is 30.3 Å². The average Bonchev–Trinajstić information content (AvgIpc) is 2.53. The molecule has 1 saturated heterocycles. The number of hydrogen-bond acceptors (Lipinski definition) is 2.